The van der Waals surface area contributed by atoms with E-state index in [4.69, 9.17) is 5.73 Å². The number of benzene rings is 1. The van der Waals surface area contributed by atoms with E-state index in [1.165, 1.54) is 7.05 Å². The number of likely N-dealkylation sites (N-methyl/N-ethyl adjacent to an activating group) is 1. The number of nitrogens with two attached hydrogens (primary N) is 1. The van der Waals surface area contributed by atoms with Gasteiger partial charge in [0, 0.05) is 19.6 Å². The van der Waals surface area contributed by atoms with E-state index in [9.17, 15) is 22.0 Å². The average molecular weight is 349 g/mol. The summed E-state index contributed by atoms with van der Waals surface area (Å²) in [6.45, 7) is -2.98. The number of alkyl halides is 2. The van der Waals surface area contributed by atoms with Crippen molar-refractivity contribution in [1.82, 2.24) is 9.62 Å². The Morgan fingerprint density at radius 3 is 2.52 bits per heavy atom. The molecular weight excluding hydrogens is 332 g/mol. The fourth-order valence-corrected chi connectivity index (χ4v) is 4.09. The minimum absolute atomic E-state index is 0.00963. The van der Waals surface area contributed by atoms with Crippen molar-refractivity contribution in [3.8, 4) is 5.75 Å². The number of nitrogens with one attached hydrogen (secondary N) is 1. The summed E-state index contributed by atoms with van der Waals surface area (Å²) >= 11 is 0. The maximum Gasteiger partial charge on any atom is 0.387 e. The summed E-state index contributed by atoms with van der Waals surface area (Å²) in [5.74, 6) is -0.598. The lowest BCUT2D eigenvalue weighted by atomic mass is 10.2. The van der Waals surface area contributed by atoms with Crippen LogP contribution in [0.15, 0.2) is 29.2 Å². The molecule has 128 valence electrons. The molecular formula is C13H17F2N3O4S. The van der Waals surface area contributed by atoms with Crippen molar-refractivity contribution in [2.75, 3.05) is 13.6 Å². The lowest BCUT2D eigenvalue weighted by Gasteiger charge is -2.22. The third kappa shape index (κ3) is 3.77. The van der Waals surface area contributed by atoms with Crippen molar-refractivity contribution in [2.24, 2.45) is 5.73 Å². The van der Waals surface area contributed by atoms with Gasteiger partial charge in [0.15, 0.2) is 0 Å². The number of halogens is 2. The van der Waals surface area contributed by atoms with Gasteiger partial charge in [-0.2, -0.15) is 13.1 Å². The molecule has 7 nitrogen and oxygen atoms in total. The van der Waals surface area contributed by atoms with Gasteiger partial charge >= 0.3 is 6.61 Å². The van der Waals surface area contributed by atoms with Gasteiger partial charge in [-0.3, -0.25) is 4.79 Å². The molecule has 0 saturated carbocycles. The smallest absolute Gasteiger partial charge is 0.387 e. The molecule has 0 bridgehead atoms. The summed E-state index contributed by atoms with van der Waals surface area (Å²) in [4.78, 5) is 11.7. The SMILES string of the molecule is CNC(=O)[C@@H]1C[C@H](N)CN1S(=O)(=O)c1ccc(OC(F)F)cc1. The Kier molecular flexibility index (Phi) is 5.17. The summed E-state index contributed by atoms with van der Waals surface area (Å²) in [5, 5.41) is 2.41. The molecule has 1 heterocycles. The van der Waals surface area contributed by atoms with Crippen LogP contribution < -0.4 is 15.8 Å². The third-order valence-corrected chi connectivity index (χ3v) is 5.38. The molecule has 0 aliphatic carbocycles. The Hall–Kier alpha value is -1.78. The van der Waals surface area contributed by atoms with E-state index < -0.39 is 34.6 Å². The number of nitrogens with zero attached hydrogens (tertiary/aromatic N) is 1. The standard InChI is InChI=1S/C13H17F2N3O4S/c1-17-12(19)11-6-8(16)7-18(11)23(20,21)10-4-2-9(3-5-10)22-13(14)15/h2-5,8,11,13H,6-7,16H2,1H3,(H,17,19)/t8-,11-/m0/s1. The van der Waals surface area contributed by atoms with Crippen LogP contribution in [0.1, 0.15) is 6.42 Å². The normalized spacial score (nSPS) is 22.3. The van der Waals surface area contributed by atoms with Gasteiger partial charge in [0.05, 0.1) is 4.90 Å². The van der Waals surface area contributed by atoms with Crippen molar-refractivity contribution in [3.05, 3.63) is 24.3 Å². The molecule has 0 aromatic heterocycles. The van der Waals surface area contributed by atoms with Crippen molar-refractivity contribution in [3.63, 3.8) is 0 Å². The highest BCUT2D eigenvalue weighted by Gasteiger charge is 2.42. The quantitative estimate of drug-likeness (QED) is 0.786. The largest absolute Gasteiger partial charge is 0.435 e. The van der Waals surface area contributed by atoms with E-state index in [-0.39, 0.29) is 23.6 Å². The number of amides is 1. The molecule has 0 radical (unpaired) electrons. The number of rotatable bonds is 5. The van der Waals surface area contributed by atoms with Crippen molar-refractivity contribution < 1.29 is 26.7 Å². The lowest BCUT2D eigenvalue weighted by molar-refractivity contribution is -0.123. The predicted octanol–water partition coefficient (Wildman–Crippen LogP) is 0.124. The van der Waals surface area contributed by atoms with Crippen LogP contribution in [-0.2, 0) is 14.8 Å². The molecule has 1 aromatic carbocycles. The van der Waals surface area contributed by atoms with Gasteiger partial charge in [0.2, 0.25) is 15.9 Å². The second-order valence-electron chi connectivity index (χ2n) is 5.05. The topological polar surface area (TPSA) is 102 Å². The third-order valence-electron chi connectivity index (χ3n) is 3.49. The zero-order valence-corrected chi connectivity index (χ0v) is 13.1. The summed E-state index contributed by atoms with van der Waals surface area (Å²) < 4.78 is 54.7. The van der Waals surface area contributed by atoms with Crippen molar-refractivity contribution >= 4 is 15.9 Å². The molecule has 0 unspecified atom stereocenters. The van der Waals surface area contributed by atoms with Crippen LogP contribution in [0.2, 0.25) is 0 Å². The predicted molar refractivity (Wildman–Crippen MR) is 77.4 cm³/mol. The van der Waals surface area contributed by atoms with E-state index in [0.29, 0.717) is 0 Å². The van der Waals surface area contributed by atoms with Gasteiger partial charge in [-0.1, -0.05) is 0 Å². The monoisotopic (exact) mass is 349 g/mol. The first-order valence-electron chi connectivity index (χ1n) is 6.79. The summed E-state index contributed by atoms with van der Waals surface area (Å²) in [5.41, 5.74) is 5.77. The number of hydrogen-bond donors (Lipinski definition) is 2. The average Bonchev–Trinajstić information content (AvgIpc) is 2.89. The maximum atomic E-state index is 12.6. The number of ether oxygens (including phenoxy) is 1. The molecule has 10 heteroatoms. The number of hydrogen-bond acceptors (Lipinski definition) is 5. The van der Waals surface area contributed by atoms with Crippen LogP contribution >= 0.6 is 0 Å². The van der Waals surface area contributed by atoms with Crippen LogP contribution in [0, 0.1) is 0 Å². The molecule has 0 spiro atoms. The molecule has 1 aliphatic heterocycles. The summed E-state index contributed by atoms with van der Waals surface area (Å²) in [6, 6.07) is 3.22. The van der Waals surface area contributed by atoms with Gasteiger partial charge in [-0.25, -0.2) is 8.42 Å². The van der Waals surface area contributed by atoms with Crippen molar-refractivity contribution in [2.45, 2.75) is 30.0 Å². The van der Waals surface area contributed by atoms with E-state index in [1.807, 2.05) is 0 Å². The van der Waals surface area contributed by atoms with Crippen molar-refractivity contribution in [1.29, 1.82) is 0 Å². The fraction of sp³-hybridized carbons (Fsp3) is 0.462. The van der Waals surface area contributed by atoms with E-state index in [1.54, 1.807) is 0 Å². The lowest BCUT2D eigenvalue weighted by Crippen LogP contribution is -2.44. The van der Waals surface area contributed by atoms with Crippen LogP contribution in [0.3, 0.4) is 0 Å². The van der Waals surface area contributed by atoms with Crippen LogP contribution in [0.4, 0.5) is 8.78 Å². The number of carbonyl (C=O) groups excluding carboxylic acids is 1. The van der Waals surface area contributed by atoms with Crippen LogP contribution in [0.5, 0.6) is 5.75 Å². The minimum Gasteiger partial charge on any atom is -0.435 e. The Morgan fingerprint density at radius 2 is 2.00 bits per heavy atom. The molecule has 1 aromatic rings. The van der Waals surface area contributed by atoms with Crippen LogP contribution in [-0.4, -0.2) is 50.9 Å². The Labute approximate surface area is 132 Å². The zero-order valence-electron chi connectivity index (χ0n) is 12.3. The fourth-order valence-electron chi connectivity index (χ4n) is 2.44. The van der Waals surface area contributed by atoms with Gasteiger partial charge < -0.3 is 15.8 Å². The Morgan fingerprint density at radius 1 is 1.39 bits per heavy atom. The molecule has 1 amide bonds. The second-order valence-corrected chi connectivity index (χ2v) is 6.94. The molecule has 2 rings (SSSR count). The first-order chi connectivity index (χ1) is 10.8. The van der Waals surface area contributed by atoms with Crippen LogP contribution in [0.25, 0.3) is 0 Å². The Balaban J connectivity index is 2.28. The van der Waals surface area contributed by atoms with E-state index in [2.05, 4.69) is 10.1 Å². The Bertz CT molecular complexity index is 666. The number of sulfonamides is 1. The first-order valence-corrected chi connectivity index (χ1v) is 8.23. The highest BCUT2D eigenvalue weighted by molar-refractivity contribution is 7.89. The van der Waals surface area contributed by atoms with Gasteiger partial charge in [-0.15, -0.1) is 0 Å². The van der Waals surface area contributed by atoms with Gasteiger partial charge in [-0.05, 0) is 30.7 Å². The first kappa shape index (κ1) is 17.6. The highest BCUT2D eigenvalue weighted by Crippen LogP contribution is 2.27. The highest BCUT2D eigenvalue weighted by atomic mass is 32.2. The molecule has 3 N–H and O–H groups in total. The molecule has 1 fully saturated rings. The summed E-state index contributed by atoms with van der Waals surface area (Å²) in [7, 11) is -2.56. The molecule has 2 atom stereocenters. The molecule has 23 heavy (non-hydrogen) atoms. The van der Waals surface area contributed by atoms with Gasteiger partial charge in [0.1, 0.15) is 11.8 Å². The second kappa shape index (κ2) is 6.77. The molecule has 1 aliphatic rings. The molecule has 1 saturated heterocycles. The van der Waals surface area contributed by atoms with E-state index >= 15 is 0 Å². The number of carbonyl (C=O) groups is 1. The van der Waals surface area contributed by atoms with E-state index in [0.717, 1.165) is 28.6 Å². The summed E-state index contributed by atoms with van der Waals surface area (Å²) in [6.07, 6.45) is 0.214. The van der Waals surface area contributed by atoms with Gasteiger partial charge in [0.25, 0.3) is 0 Å². The maximum absolute atomic E-state index is 12.6. The minimum atomic E-state index is -3.97. The zero-order chi connectivity index (χ0) is 17.2.